The Morgan fingerprint density at radius 3 is 2.70 bits per heavy atom. The summed E-state index contributed by atoms with van der Waals surface area (Å²) in [5, 5.41) is 34.0. The van der Waals surface area contributed by atoms with Crippen LogP contribution in [0.5, 0.6) is 5.75 Å². The van der Waals surface area contributed by atoms with Crippen molar-refractivity contribution in [1.82, 2.24) is 9.88 Å². The molecule has 1 aromatic carbocycles. The van der Waals surface area contributed by atoms with Crippen molar-refractivity contribution in [2.45, 2.75) is 29.6 Å². The van der Waals surface area contributed by atoms with Gasteiger partial charge in [0.05, 0.1) is 17.2 Å². The minimum Gasteiger partial charge on any atom is -0.480 e. The highest BCUT2D eigenvalue weighted by atomic mass is 35.5. The van der Waals surface area contributed by atoms with Crippen molar-refractivity contribution in [2.75, 3.05) is 20.6 Å². The number of allylic oxidation sites excluding steroid dienone is 3. The van der Waals surface area contributed by atoms with Gasteiger partial charge in [0.1, 0.15) is 11.4 Å². The Kier molecular flexibility index (Phi) is 5.34. The number of aromatic nitrogens is 1. The van der Waals surface area contributed by atoms with Gasteiger partial charge in [0, 0.05) is 42.1 Å². The van der Waals surface area contributed by atoms with Crippen molar-refractivity contribution in [3.8, 4) is 11.8 Å². The van der Waals surface area contributed by atoms with E-state index < -0.39 is 17.3 Å². The Morgan fingerprint density at radius 1 is 1.30 bits per heavy atom. The zero-order chi connectivity index (χ0) is 23.4. The number of aliphatic hydroxyl groups is 2. The molecule has 6 nitrogen and oxygen atoms in total. The molecule has 0 spiro atoms. The Labute approximate surface area is 198 Å². The lowest BCUT2D eigenvalue weighted by Crippen LogP contribution is -2.59. The number of rotatable bonds is 4. The standard InChI is InChI=1S/C26H26ClN3O3/c1-30(2)15-20-22(17-6-4-3-5-7-17)26(18-10-8-16(13-28)9-11-18)25(32,24(20)31)23-21(33-26)12-19(27)14-29-23/h3-10,12,14,18,20,22,24,31-32H,11,15H2,1-2H3/t18?,20-,22-,24+,25+,26+/m1/s1. The average Bonchev–Trinajstić information content (AvgIpc) is 3.17. The Hall–Kier alpha value is -2.69. The van der Waals surface area contributed by atoms with E-state index in [-0.39, 0.29) is 17.8 Å². The van der Waals surface area contributed by atoms with Crippen molar-refractivity contribution in [3.05, 3.63) is 82.7 Å². The summed E-state index contributed by atoms with van der Waals surface area (Å²) in [6.07, 6.45) is 6.40. The van der Waals surface area contributed by atoms with Crippen molar-refractivity contribution in [1.29, 1.82) is 5.26 Å². The lowest BCUT2D eigenvalue weighted by molar-refractivity contribution is -0.164. The SMILES string of the molecule is CN(C)C[C@@H]1[C@@H](c2ccccc2)[C@]2(C3C=CC(C#N)=CC3)Oc3cc(Cl)cnc3[C@]2(O)[C@H]1O. The molecule has 5 rings (SSSR count). The van der Waals surface area contributed by atoms with E-state index in [1.165, 1.54) is 6.20 Å². The molecule has 33 heavy (non-hydrogen) atoms. The summed E-state index contributed by atoms with van der Waals surface area (Å²) < 4.78 is 6.72. The third-order valence-electron chi connectivity index (χ3n) is 7.29. The third kappa shape index (κ3) is 3.08. The molecular formula is C26H26ClN3O3. The molecule has 170 valence electrons. The van der Waals surface area contributed by atoms with Gasteiger partial charge in [-0.15, -0.1) is 0 Å². The predicted octanol–water partition coefficient (Wildman–Crippen LogP) is 3.42. The van der Waals surface area contributed by atoms with Crippen LogP contribution >= 0.6 is 11.6 Å². The molecule has 7 heteroatoms. The topological polar surface area (TPSA) is 89.6 Å². The molecule has 2 N–H and O–H groups in total. The summed E-state index contributed by atoms with van der Waals surface area (Å²) in [6, 6.07) is 13.7. The lowest BCUT2D eigenvalue weighted by Gasteiger charge is -2.45. The number of aliphatic hydroxyl groups excluding tert-OH is 1. The lowest BCUT2D eigenvalue weighted by atomic mass is 9.66. The van der Waals surface area contributed by atoms with Gasteiger partial charge in [0.15, 0.2) is 11.2 Å². The average molecular weight is 464 g/mol. The molecule has 1 aliphatic heterocycles. The molecule has 1 aromatic heterocycles. The van der Waals surface area contributed by atoms with E-state index in [1.807, 2.05) is 61.5 Å². The summed E-state index contributed by atoms with van der Waals surface area (Å²) >= 11 is 6.23. The molecular weight excluding hydrogens is 438 g/mol. The predicted molar refractivity (Wildman–Crippen MR) is 125 cm³/mol. The van der Waals surface area contributed by atoms with Gasteiger partial charge in [-0.1, -0.05) is 54.1 Å². The van der Waals surface area contributed by atoms with Crippen molar-refractivity contribution in [3.63, 3.8) is 0 Å². The quantitative estimate of drug-likeness (QED) is 0.722. The van der Waals surface area contributed by atoms with Gasteiger partial charge < -0.3 is 19.8 Å². The van der Waals surface area contributed by atoms with E-state index in [1.54, 1.807) is 12.1 Å². The second-order valence-electron chi connectivity index (χ2n) is 9.39. The number of nitrogens with zero attached hydrogens (tertiary/aromatic N) is 3. The van der Waals surface area contributed by atoms with Gasteiger partial charge in [0.2, 0.25) is 0 Å². The molecule has 2 heterocycles. The summed E-state index contributed by atoms with van der Waals surface area (Å²) in [4.78, 5) is 6.48. The van der Waals surface area contributed by atoms with Gasteiger partial charge in [-0.05, 0) is 32.2 Å². The maximum absolute atomic E-state index is 12.5. The normalized spacial score (nSPS) is 34.4. The van der Waals surface area contributed by atoms with Crippen molar-refractivity contribution < 1.29 is 14.9 Å². The number of ether oxygens (including phenoxy) is 1. The highest BCUT2D eigenvalue weighted by molar-refractivity contribution is 6.30. The maximum Gasteiger partial charge on any atom is 0.177 e. The van der Waals surface area contributed by atoms with Crippen LogP contribution in [0.1, 0.15) is 23.6 Å². The molecule has 2 aromatic rings. The number of nitriles is 1. The first kappa shape index (κ1) is 22.1. The number of pyridine rings is 1. The monoisotopic (exact) mass is 463 g/mol. The number of halogens is 1. The van der Waals surface area contributed by atoms with Crippen LogP contribution in [0.2, 0.25) is 5.02 Å². The molecule has 1 fully saturated rings. The Bertz CT molecular complexity index is 1180. The van der Waals surface area contributed by atoms with E-state index in [0.717, 1.165) is 5.56 Å². The first-order valence-corrected chi connectivity index (χ1v) is 11.4. The maximum atomic E-state index is 12.5. The van der Waals surface area contributed by atoms with Crippen LogP contribution in [0.3, 0.4) is 0 Å². The summed E-state index contributed by atoms with van der Waals surface area (Å²) in [5.41, 5.74) is -1.14. The molecule has 0 amide bonds. The fraction of sp³-hybridized carbons (Fsp3) is 0.385. The van der Waals surface area contributed by atoms with Gasteiger partial charge in [0.25, 0.3) is 0 Å². The van der Waals surface area contributed by atoms with E-state index in [4.69, 9.17) is 16.3 Å². The third-order valence-corrected chi connectivity index (χ3v) is 7.50. The molecule has 1 unspecified atom stereocenters. The van der Waals surface area contributed by atoms with Gasteiger partial charge in [-0.2, -0.15) is 5.26 Å². The van der Waals surface area contributed by atoms with E-state index in [9.17, 15) is 15.5 Å². The van der Waals surface area contributed by atoms with Crippen molar-refractivity contribution in [2.24, 2.45) is 11.8 Å². The van der Waals surface area contributed by atoms with Crippen LogP contribution in [-0.2, 0) is 5.60 Å². The number of hydrogen-bond acceptors (Lipinski definition) is 6. The number of benzene rings is 1. The number of fused-ring (bicyclic) bond motifs is 3. The zero-order valence-corrected chi connectivity index (χ0v) is 19.3. The molecule has 0 radical (unpaired) electrons. The Balaban J connectivity index is 1.77. The van der Waals surface area contributed by atoms with Gasteiger partial charge in [-0.25, -0.2) is 0 Å². The minimum absolute atomic E-state index is 0.306. The van der Waals surface area contributed by atoms with Crippen LogP contribution in [0, 0.1) is 23.2 Å². The molecule has 2 aliphatic carbocycles. The van der Waals surface area contributed by atoms with E-state index >= 15 is 0 Å². The summed E-state index contributed by atoms with van der Waals surface area (Å²) in [6.45, 7) is 0.548. The molecule has 3 aliphatic rings. The fourth-order valence-corrected chi connectivity index (χ4v) is 6.25. The number of hydrogen-bond donors (Lipinski definition) is 2. The van der Waals surface area contributed by atoms with E-state index in [2.05, 4.69) is 11.1 Å². The molecule has 1 saturated carbocycles. The zero-order valence-electron chi connectivity index (χ0n) is 18.5. The van der Waals surface area contributed by atoms with Gasteiger partial charge >= 0.3 is 0 Å². The fourth-order valence-electron chi connectivity index (χ4n) is 6.10. The first-order chi connectivity index (χ1) is 15.8. The van der Waals surface area contributed by atoms with Crippen LogP contribution in [0.4, 0.5) is 0 Å². The van der Waals surface area contributed by atoms with Crippen molar-refractivity contribution >= 4 is 11.6 Å². The summed E-state index contributed by atoms with van der Waals surface area (Å²) in [7, 11) is 3.91. The first-order valence-electron chi connectivity index (χ1n) is 11.1. The van der Waals surface area contributed by atoms with Crippen LogP contribution in [-0.4, -0.2) is 52.4 Å². The molecule has 0 bridgehead atoms. The smallest absolute Gasteiger partial charge is 0.177 e. The van der Waals surface area contributed by atoms with Crippen LogP contribution < -0.4 is 4.74 Å². The second-order valence-corrected chi connectivity index (χ2v) is 9.83. The molecule has 6 atom stereocenters. The van der Waals surface area contributed by atoms with Crippen LogP contribution in [0.25, 0.3) is 0 Å². The van der Waals surface area contributed by atoms with Crippen LogP contribution in [0.15, 0.2) is 66.4 Å². The van der Waals surface area contributed by atoms with E-state index in [0.29, 0.717) is 35.0 Å². The Morgan fingerprint density at radius 2 is 2.06 bits per heavy atom. The van der Waals surface area contributed by atoms with Gasteiger partial charge in [-0.3, -0.25) is 4.98 Å². The minimum atomic E-state index is -1.76. The summed E-state index contributed by atoms with van der Waals surface area (Å²) in [5.74, 6) is -0.593. The highest BCUT2D eigenvalue weighted by Gasteiger charge is 2.77. The molecule has 0 saturated heterocycles. The highest BCUT2D eigenvalue weighted by Crippen LogP contribution is 2.67. The largest absolute Gasteiger partial charge is 0.480 e. The second kappa shape index (κ2) is 7.96.